The van der Waals surface area contributed by atoms with Crippen LogP contribution in [0.25, 0.3) is 0 Å². The molecule has 11 N–H and O–H groups in total. The van der Waals surface area contributed by atoms with Crippen molar-refractivity contribution in [3.63, 3.8) is 0 Å². The van der Waals surface area contributed by atoms with Crippen LogP contribution in [0.4, 0.5) is 35.9 Å². The van der Waals surface area contributed by atoms with Crippen molar-refractivity contribution in [3.05, 3.63) is 265 Å². The highest BCUT2D eigenvalue weighted by atomic mass is 19.2. The van der Waals surface area contributed by atoms with E-state index in [1.165, 1.54) is 71.6 Å². The van der Waals surface area contributed by atoms with Gasteiger partial charge in [-0.05, 0) is 238 Å². The van der Waals surface area contributed by atoms with Gasteiger partial charge in [0, 0.05) is 85.9 Å². The largest absolute Gasteiger partial charge is 0.444 e. The summed E-state index contributed by atoms with van der Waals surface area (Å²) in [4.78, 5) is 49.4. The number of hydrogen-bond acceptors (Lipinski definition) is 15. The summed E-state index contributed by atoms with van der Waals surface area (Å²) in [7, 11) is 0. The molecule has 3 aliphatic rings. The molecule has 0 fully saturated rings. The SMILES string of the molecule is CC(=O)N[C@@H](Cc1cc(F)cc(F)c1)[C@H](O)CNC1(c2cccc(C(C)(C)C)c2)CCc2nn(C(C)=O)cc2C1.CC(C)(C)OC(=O)N[C@@H](Cc1cc(F)cc(F)c1)[C@H](O)CNC1(c2cccc(C(C)(C)C)c2)CCc2[nH]ncc2C1.CC(C)(C)OC(=O)N[C@@H](Cc1cc(F)cc(F)c1)[C@H](O)CNC1(c2cccc(C(C)(C)C)c2)CCc2[nH]ncc2C1. The van der Waals surface area contributed by atoms with Crippen molar-refractivity contribution in [1.29, 1.82) is 0 Å². The van der Waals surface area contributed by atoms with E-state index in [0.717, 1.165) is 94.3 Å². The minimum Gasteiger partial charge on any atom is -0.444 e. The van der Waals surface area contributed by atoms with Crippen molar-refractivity contribution in [3.8, 4) is 0 Å². The van der Waals surface area contributed by atoms with Gasteiger partial charge in [0.1, 0.15) is 46.1 Å². The average molecular weight is 1690 g/mol. The van der Waals surface area contributed by atoms with Crippen molar-refractivity contribution in [2.75, 3.05) is 19.6 Å². The second-order valence-electron chi connectivity index (χ2n) is 38.2. The number of amides is 3. The van der Waals surface area contributed by atoms with Crippen LogP contribution in [0.2, 0.25) is 0 Å². The monoisotopic (exact) mass is 1690 g/mol. The summed E-state index contributed by atoms with van der Waals surface area (Å²) >= 11 is 0. The zero-order valence-corrected chi connectivity index (χ0v) is 73.3. The Labute approximate surface area is 712 Å². The van der Waals surface area contributed by atoms with Gasteiger partial charge >= 0.3 is 12.2 Å². The number of rotatable bonds is 24. The Kier molecular flexibility index (Phi) is 30.0. The fraction of sp³-hybridized carbons (Fsp3) is 0.484. The molecule has 12 rings (SSSR count). The number of nitrogens with zero attached hydrogens (tertiary/aromatic N) is 4. The number of aromatic amines is 2. The number of aryl methyl sites for hydroxylation is 3. The third kappa shape index (κ3) is 25.8. The molecule has 3 aliphatic carbocycles. The van der Waals surface area contributed by atoms with Crippen LogP contribution in [-0.2, 0) is 105 Å². The van der Waals surface area contributed by atoms with Gasteiger partial charge in [0.2, 0.25) is 11.8 Å². The maximum atomic E-state index is 14.0. The van der Waals surface area contributed by atoms with Gasteiger partial charge < -0.3 is 56.7 Å². The van der Waals surface area contributed by atoms with Gasteiger partial charge in [0.05, 0.1) is 54.5 Å². The van der Waals surface area contributed by atoms with Crippen molar-refractivity contribution < 1.29 is 70.3 Å². The molecule has 658 valence electrons. The van der Waals surface area contributed by atoms with Gasteiger partial charge in [-0.15, -0.1) is 0 Å². The second-order valence-corrected chi connectivity index (χ2v) is 38.2. The summed E-state index contributed by atoms with van der Waals surface area (Å²) < 4.78 is 95.8. The quantitative estimate of drug-likeness (QED) is 0.0251. The number of benzene rings is 6. The summed E-state index contributed by atoms with van der Waals surface area (Å²) in [6.45, 7) is 33.1. The molecule has 3 unspecified atom stereocenters. The number of H-pyrrole nitrogens is 2. The van der Waals surface area contributed by atoms with Crippen LogP contribution in [0.3, 0.4) is 0 Å². The lowest BCUT2D eigenvalue weighted by atomic mass is 9.74. The molecule has 3 aromatic heterocycles. The summed E-state index contributed by atoms with van der Waals surface area (Å²) in [5.41, 5.74) is 10.8. The molecular formula is C95H122F6N12O9. The normalized spacial score (nSPS) is 18.8. The molecular weight excluding hydrogens is 1570 g/mol. The number of hydrogen-bond donors (Lipinski definition) is 11. The van der Waals surface area contributed by atoms with E-state index in [2.05, 4.69) is 186 Å². The topological polar surface area (TPSA) is 295 Å². The van der Waals surface area contributed by atoms with E-state index in [9.17, 15) is 60.8 Å². The molecule has 0 aliphatic heterocycles. The third-order valence-corrected chi connectivity index (χ3v) is 22.8. The first kappa shape index (κ1) is 94.2. The molecule has 0 bridgehead atoms. The van der Waals surface area contributed by atoms with Gasteiger partial charge in [-0.3, -0.25) is 19.8 Å². The number of alkyl carbamates (subject to hydrolysis) is 2. The molecule has 122 heavy (non-hydrogen) atoms. The number of halogens is 6. The Hall–Kier alpha value is -10.0. The number of aliphatic hydroxyl groups excluding tert-OH is 3. The van der Waals surface area contributed by atoms with Crippen LogP contribution in [-0.4, -0.2) is 137 Å². The summed E-state index contributed by atoms with van der Waals surface area (Å²) in [6.07, 6.45) is 7.14. The highest BCUT2D eigenvalue weighted by Crippen LogP contribution is 2.42. The van der Waals surface area contributed by atoms with E-state index in [1.807, 2.05) is 18.5 Å². The maximum absolute atomic E-state index is 14.0. The van der Waals surface area contributed by atoms with Crippen LogP contribution in [0, 0.1) is 34.9 Å². The third-order valence-electron chi connectivity index (χ3n) is 22.8. The Morgan fingerprint density at radius 3 is 1.06 bits per heavy atom. The summed E-state index contributed by atoms with van der Waals surface area (Å²) in [6, 6.07) is 32.5. The Bertz CT molecular complexity index is 4840. The first-order chi connectivity index (χ1) is 57.0. The number of aromatic nitrogens is 6. The molecule has 0 radical (unpaired) electrons. The summed E-state index contributed by atoms with van der Waals surface area (Å²) in [5, 5.41) is 72.4. The Morgan fingerprint density at radius 2 is 0.754 bits per heavy atom. The lowest BCUT2D eigenvalue weighted by molar-refractivity contribution is -0.120. The Morgan fingerprint density at radius 1 is 0.443 bits per heavy atom. The van der Waals surface area contributed by atoms with Gasteiger partial charge in [-0.25, -0.2) is 40.6 Å². The van der Waals surface area contributed by atoms with Gasteiger partial charge in [0.25, 0.3) is 0 Å². The molecule has 9 atom stereocenters. The number of aliphatic hydroxyl groups is 3. The van der Waals surface area contributed by atoms with Crippen LogP contribution >= 0.6 is 0 Å². The molecule has 0 spiro atoms. The molecule has 27 heteroatoms. The number of nitrogens with one attached hydrogen (secondary N) is 8. The average Bonchev–Trinajstić information content (AvgIpc) is 1.37. The standard InChI is InChI=1S/2C32H42F2N4O3.C31H38F2N4O3/c2*1-30(2,3)22-8-7-9-23(15-22)32(11-10-26-21(17-32)18-36-38-26)35-19-28(39)27(37-29(40)41-31(4,5)6)14-20-12-24(33)16-25(34)13-20;1-19(38)35-28(13-21-11-25(32)15-26(33)12-21)29(40)17-34-31(24-8-6-7-23(14-24)30(3,4)5)10-9-27-22(16-31)18-37(36-27)20(2)39/h2*7-9,12-13,15-16,18,27-28,35,39H,10-11,14,17,19H2,1-6H3,(H,36,38)(H,37,40);6-8,11-12,14-15,18,28-29,34,40H,9-10,13,16-17H2,1-5H3,(H,35,38)/t2*27-,28+,32?;28-,29+,31?/m000/s1. The highest BCUT2D eigenvalue weighted by Gasteiger charge is 2.43. The van der Waals surface area contributed by atoms with Crippen molar-refractivity contribution in [2.24, 2.45) is 0 Å². The fourth-order valence-corrected chi connectivity index (χ4v) is 16.3. The predicted molar refractivity (Wildman–Crippen MR) is 458 cm³/mol. The van der Waals surface area contributed by atoms with E-state index < -0.39 is 111 Å². The van der Waals surface area contributed by atoms with E-state index >= 15 is 0 Å². The molecule has 0 saturated carbocycles. The van der Waals surface area contributed by atoms with Crippen LogP contribution in [0.1, 0.15) is 226 Å². The van der Waals surface area contributed by atoms with Crippen LogP contribution in [0.5, 0.6) is 0 Å². The lowest BCUT2D eigenvalue weighted by Crippen LogP contribution is -2.54. The number of fused-ring (bicyclic) bond motifs is 3. The molecule has 3 amide bonds. The van der Waals surface area contributed by atoms with E-state index in [0.29, 0.717) is 48.8 Å². The first-order valence-corrected chi connectivity index (χ1v) is 41.9. The molecule has 6 aromatic carbocycles. The van der Waals surface area contributed by atoms with Crippen molar-refractivity contribution in [1.82, 2.24) is 62.1 Å². The predicted octanol–water partition coefficient (Wildman–Crippen LogP) is 15.1. The molecule has 21 nitrogen and oxygen atoms in total. The first-order valence-electron chi connectivity index (χ1n) is 41.9. The van der Waals surface area contributed by atoms with Gasteiger partial charge in [0.15, 0.2) is 0 Å². The number of ether oxygens (including phenoxy) is 2. The van der Waals surface area contributed by atoms with Crippen LogP contribution in [0.15, 0.2) is 146 Å². The zero-order valence-electron chi connectivity index (χ0n) is 73.3. The number of carbonyl (C=O) groups excluding carboxylic acids is 4. The van der Waals surface area contributed by atoms with Crippen molar-refractivity contribution >= 4 is 24.0 Å². The highest BCUT2D eigenvalue weighted by molar-refractivity contribution is 5.75. The minimum atomic E-state index is -1.10. The zero-order chi connectivity index (χ0) is 89.2. The number of carbonyl (C=O) groups is 4. The lowest BCUT2D eigenvalue weighted by Gasteiger charge is -2.40. The molecule has 0 saturated heterocycles. The van der Waals surface area contributed by atoms with Crippen molar-refractivity contribution in [2.45, 2.75) is 275 Å². The Balaban J connectivity index is 0.000000192. The van der Waals surface area contributed by atoms with Crippen LogP contribution < -0.4 is 31.9 Å². The smallest absolute Gasteiger partial charge is 0.407 e. The van der Waals surface area contributed by atoms with E-state index in [-0.39, 0.29) is 67.0 Å². The summed E-state index contributed by atoms with van der Waals surface area (Å²) in [5.74, 6) is -4.84. The van der Waals surface area contributed by atoms with E-state index in [1.54, 1.807) is 47.7 Å². The fourth-order valence-electron chi connectivity index (χ4n) is 16.3. The molecule has 9 aromatic rings. The van der Waals surface area contributed by atoms with E-state index in [4.69, 9.17) is 9.47 Å². The molecule has 3 heterocycles. The van der Waals surface area contributed by atoms with Gasteiger partial charge in [-0.1, -0.05) is 135 Å². The van der Waals surface area contributed by atoms with Gasteiger partial charge in [-0.2, -0.15) is 15.3 Å². The minimum absolute atomic E-state index is 0.00908. The maximum Gasteiger partial charge on any atom is 0.407 e. The second kappa shape index (κ2) is 38.8.